The third-order valence-corrected chi connectivity index (χ3v) is 7.74. The summed E-state index contributed by atoms with van der Waals surface area (Å²) in [5.74, 6) is -1.60. The first kappa shape index (κ1) is 27.8. The number of furan rings is 1. The third kappa shape index (κ3) is 4.91. The Hall–Kier alpha value is -5.37. The number of carboxylic acids is 1. The number of fused-ring (bicyclic) bond motifs is 2. The maximum atomic E-state index is 14.1. The number of esters is 1. The Kier molecular flexibility index (Phi) is 7.19. The summed E-state index contributed by atoms with van der Waals surface area (Å²) in [6.07, 6.45) is 3.23. The Balaban J connectivity index is 1.44. The van der Waals surface area contributed by atoms with Gasteiger partial charge in [0.15, 0.2) is 5.76 Å². The van der Waals surface area contributed by atoms with E-state index in [1.54, 1.807) is 51.3 Å². The average molecular weight is 577 g/mol. The lowest BCUT2D eigenvalue weighted by Gasteiger charge is -2.30. The average Bonchev–Trinajstić information content (AvgIpc) is 3.60. The number of benzene rings is 3. The molecule has 0 radical (unpaired) electrons. The Morgan fingerprint density at radius 1 is 1.00 bits per heavy atom. The molecule has 8 heteroatoms. The van der Waals surface area contributed by atoms with Crippen molar-refractivity contribution in [3.8, 4) is 17.1 Å². The van der Waals surface area contributed by atoms with Crippen molar-refractivity contribution in [2.24, 2.45) is 5.92 Å². The molecule has 4 aromatic rings. The second kappa shape index (κ2) is 11.1. The number of aromatic carboxylic acids is 1. The second-order valence-electron chi connectivity index (χ2n) is 10.3. The fourth-order valence-corrected chi connectivity index (χ4v) is 5.86. The van der Waals surface area contributed by atoms with E-state index in [2.05, 4.69) is 0 Å². The van der Waals surface area contributed by atoms with E-state index in [1.165, 1.54) is 18.2 Å². The molecule has 0 saturated carbocycles. The van der Waals surface area contributed by atoms with Crippen molar-refractivity contribution in [2.75, 3.05) is 13.7 Å². The zero-order valence-corrected chi connectivity index (χ0v) is 23.7. The van der Waals surface area contributed by atoms with Crippen LogP contribution >= 0.6 is 0 Å². The Labute approximate surface area is 247 Å². The molecule has 1 aliphatic carbocycles. The molecule has 1 aromatic heterocycles. The van der Waals surface area contributed by atoms with Gasteiger partial charge in [-0.05, 0) is 66.6 Å². The van der Waals surface area contributed by atoms with Gasteiger partial charge in [-0.2, -0.15) is 0 Å². The molecular formula is C35H28O8. The van der Waals surface area contributed by atoms with Crippen LogP contribution in [0.15, 0.2) is 106 Å². The van der Waals surface area contributed by atoms with Gasteiger partial charge in [0.05, 0.1) is 25.2 Å². The van der Waals surface area contributed by atoms with E-state index in [9.17, 15) is 19.5 Å². The maximum absolute atomic E-state index is 14.1. The van der Waals surface area contributed by atoms with Crippen LogP contribution in [0.25, 0.3) is 28.2 Å². The van der Waals surface area contributed by atoms with Gasteiger partial charge in [0.2, 0.25) is 5.78 Å². The van der Waals surface area contributed by atoms with Crippen molar-refractivity contribution in [2.45, 2.75) is 19.8 Å². The second-order valence-corrected chi connectivity index (χ2v) is 10.3. The lowest BCUT2D eigenvalue weighted by Crippen LogP contribution is -2.29. The Morgan fingerprint density at radius 2 is 1.81 bits per heavy atom. The normalized spacial score (nSPS) is 18.8. The minimum Gasteiger partial charge on any atom is -0.496 e. The van der Waals surface area contributed by atoms with E-state index in [0.717, 1.165) is 10.8 Å². The molecule has 2 aliphatic rings. The molecule has 1 fully saturated rings. The molecule has 0 spiro atoms. The first-order valence-electron chi connectivity index (χ1n) is 13.8. The summed E-state index contributed by atoms with van der Waals surface area (Å²) in [5, 5.41) is 11.1. The van der Waals surface area contributed by atoms with E-state index in [1.807, 2.05) is 36.4 Å². The monoisotopic (exact) mass is 576 g/mol. The zero-order chi connectivity index (χ0) is 30.2. The van der Waals surface area contributed by atoms with Crippen LogP contribution in [0.1, 0.15) is 41.4 Å². The predicted octanol–water partition coefficient (Wildman–Crippen LogP) is 6.92. The number of carboxylic acid groups (broad SMARTS) is 1. The van der Waals surface area contributed by atoms with Gasteiger partial charge in [0.1, 0.15) is 23.0 Å². The highest BCUT2D eigenvalue weighted by Gasteiger charge is 2.49. The van der Waals surface area contributed by atoms with E-state index in [0.29, 0.717) is 45.3 Å². The van der Waals surface area contributed by atoms with Gasteiger partial charge in [-0.15, -0.1) is 0 Å². The van der Waals surface area contributed by atoms with Crippen LogP contribution in [0.3, 0.4) is 0 Å². The molecule has 3 aromatic carbocycles. The van der Waals surface area contributed by atoms with Crippen LogP contribution in [-0.4, -0.2) is 36.5 Å². The van der Waals surface area contributed by atoms with Crippen LogP contribution in [0, 0.1) is 5.92 Å². The number of ether oxygens (including phenoxy) is 3. The molecule has 1 N–H and O–H groups in total. The van der Waals surface area contributed by atoms with Gasteiger partial charge in [0.25, 0.3) is 0 Å². The fourth-order valence-electron chi connectivity index (χ4n) is 5.86. The number of carbonyl (C=O) groups excluding carboxylic acids is 2. The fraction of sp³-hybridized carbons (Fsp3) is 0.171. The van der Waals surface area contributed by atoms with Crippen LogP contribution in [-0.2, 0) is 19.1 Å². The summed E-state index contributed by atoms with van der Waals surface area (Å²) in [7, 11) is 1.56. The van der Waals surface area contributed by atoms with E-state index >= 15 is 0 Å². The molecule has 0 bridgehead atoms. The highest BCUT2D eigenvalue weighted by Crippen LogP contribution is 2.52. The van der Waals surface area contributed by atoms with Gasteiger partial charge >= 0.3 is 11.9 Å². The quantitative estimate of drug-likeness (QED) is 0.186. The van der Waals surface area contributed by atoms with E-state index in [-0.39, 0.29) is 23.7 Å². The van der Waals surface area contributed by atoms with Gasteiger partial charge in [-0.3, -0.25) is 4.79 Å². The van der Waals surface area contributed by atoms with Gasteiger partial charge in [-0.1, -0.05) is 42.5 Å². The van der Waals surface area contributed by atoms with Crippen molar-refractivity contribution in [3.63, 3.8) is 0 Å². The Morgan fingerprint density at radius 3 is 2.58 bits per heavy atom. The smallest absolute Gasteiger partial charge is 0.335 e. The van der Waals surface area contributed by atoms with Crippen LogP contribution < -0.4 is 4.74 Å². The lowest BCUT2D eigenvalue weighted by molar-refractivity contribution is -0.139. The first-order valence-corrected chi connectivity index (χ1v) is 13.8. The lowest BCUT2D eigenvalue weighted by atomic mass is 9.71. The number of carbonyl (C=O) groups is 3. The molecule has 2 atom stereocenters. The summed E-state index contributed by atoms with van der Waals surface area (Å²) >= 11 is 0. The van der Waals surface area contributed by atoms with Crippen molar-refractivity contribution in [1.29, 1.82) is 0 Å². The van der Waals surface area contributed by atoms with Gasteiger partial charge in [-0.25, -0.2) is 9.59 Å². The first-order chi connectivity index (χ1) is 20.8. The summed E-state index contributed by atoms with van der Waals surface area (Å²) in [5.41, 5.74) is 2.44. The van der Waals surface area contributed by atoms with Crippen molar-refractivity contribution in [1.82, 2.24) is 0 Å². The van der Waals surface area contributed by atoms with Crippen molar-refractivity contribution in [3.05, 3.63) is 118 Å². The molecule has 216 valence electrons. The molecule has 2 heterocycles. The van der Waals surface area contributed by atoms with E-state index in [4.69, 9.17) is 18.6 Å². The number of Topliss-reactive ketones (excluding diaryl/α,β-unsaturated/α-hetero) is 1. The van der Waals surface area contributed by atoms with Crippen LogP contribution in [0.4, 0.5) is 0 Å². The van der Waals surface area contributed by atoms with Gasteiger partial charge < -0.3 is 23.7 Å². The van der Waals surface area contributed by atoms with Crippen LogP contribution in [0.2, 0.25) is 0 Å². The minimum atomic E-state index is -1.04. The number of rotatable bonds is 7. The molecule has 1 saturated heterocycles. The highest BCUT2D eigenvalue weighted by molar-refractivity contribution is 6.07. The molecule has 0 amide bonds. The standard InChI is InChI=1S/C35H28O8/c1-4-41-35(39)29-19(2)16-27-31(32(29)30-24-11-6-5-8-20(24)12-14-26(30)40-3)33(36)28(43-27)18-23-13-15-25(42-23)21-9-7-10-22(17-21)34(37)38/h5-18,31-32H,4H2,1-3H3,(H,37,38)/b28-18-. The molecule has 1 aliphatic heterocycles. The Bertz CT molecular complexity index is 1890. The SMILES string of the molecule is CCOC(=O)C1=C(C)C=C2O/C(=C\c3ccc(-c4cccc(C(=O)O)c4)o3)C(=O)C2C1c1c(OC)ccc2ccccc12. The molecule has 8 nitrogen and oxygen atoms in total. The largest absolute Gasteiger partial charge is 0.496 e. The maximum Gasteiger partial charge on any atom is 0.335 e. The summed E-state index contributed by atoms with van der Waals surface area (Å²) in [4.78, 5) is 39.0. The minimum absolute atomic E-state index is 0.0681. The number of methoxy groups -OCH3 is 1. The van der Waals surface area contributed by atoms with Crippen molar-refractivity contribution < 1.29 is 38.1 Å². The topological polar surface area (TPSA) is 112 Å². The molecular weight excluding hydrogens is 548 g/mol. The highest BCUT2D eigenvalue weighted by atomic mass is 16.5. The number of hydrogen-bond acceptors (Lipinski definition) is 7. The van der Waals surface area contributed by atoms with E-state index < -0.39 is 23.8 Å². The predicted molar refractivity (Wildman–Crippen MR) is 159 cm³/mol. The zero-order valence-electron chi connectivity index (χ0n) is 23.7. The molecule has 2 unspecified atom stereocenters. The third-order valence-electron chi connectivity index (χ3n) is 7.74. The summed E-state index contributed by atoms with van der Waals surface area (Å²) in [6, 6.07) is 21.3. The molecule has 6 rings (SSSR count). The number of allylic oxidation sites excluding steroid dienone is 4. The number of hydrogen-bond donors (Lipinski definition) is 1. The van der Waals surface area contributed by atoms with Gasteiger partial charge in [0, 0.05) is 28.7 Å². The summed E-state index contributed by atoms with van der Waals surface area (Å²) in [6.45, 7) is 3.73. The molecule has 43 heavy (non-hydrogen) atoms. The van der Waals surface area contributed by atoms with Crippen LogP contribution in [0.5, 0.6) is 5.75 Å². The summed E-state index contributed by atoms with van der Waals surface area (Å²) < 4.78 is 23.4. The number of ketones is 1. The van der Waals surface area contributed by atoms with Crippen molar-refractivity contribution >= 4 is 34.6 Å².